The number of likely N-dealkylation sites (N-methyl/N-ethyl adjacent to an activating group) is 1. The van der Waals surface area contributed by atoms with Crippen molar-refractivity contribution < 1.29 is 26.8 Å². The van der Waals surface area contributed by atoms with Gasteiger partial charge in [-0.25, -0.2) is 13.1 Å². The zero-order chi connectivity index (χ0) is 24.8. The van der Waals surface area contributed by atoms with Crippen molar-refractivity contribution in [1.29, 1.82) is 0 Å². The van der Waals surface area contributed by atoms with Gasteiger partial charge in [0.2, 0.25) is 11.8 Å². The number of rotatable bonds is 10. The second-order valence-corrected chi connectivity index (χ2v) is 9.53. The minimum atomic E-state index is -4.25. The second kappa shape index (κ2) is 11.2. The van der Waals surface area contributed by atoms with Crippen molar-refractivity contribution in [2.24, 2.45) is 0 Å². The first-order chi connectivity index (χ1) is 15.5. The van der Waals surface area contributed by atoms with Gasteiger partial charge in [0.1, 0.15) is 24.2 Å². The number of nitrogens with zero attached hydrogens (tertiary/aromatic N) is 3. The number of carbonyl (C=O) groups excluding carboxylic acids is 2. The molecular weight excluding hydrogens is 454 g/mol. The van der Waals surface area contributed by atoms with E-state index in [1.165, 1.54) is 68.4 Å². The summed E-state index contributed by atoms with van der Waals surface area (Å²) in [6.45, 7) is 2.73. The predicted octanol–water partition coefficient (Wildman–Crippen LogP) is 2.13. The molecule has 8 nitrogen and oxygen atoms in total. The number of para-hydroxylation sites is 1. The number of carbonyl (C=O) groups is 2. The van der Waals surface area contributed by atoms with Crippen LogP contribution in [0, 0.1) is 11.6 Å². The van der Waals surface area contributed by atoms with Gasteiger partial charge in [-0.05, 0) is 43.7 Å². The summed E-state index contributed by atoms with van der Waals surface area (Å²) < 4.78 is 55.2. The van der Waals surface area contributed by atoms with Crippen LogP contribution in [0.2, 0.25) is 0 Å². The maximum Gasteiger partial charge on any atom is 0.304 e. The van der Waals surface area contributed by atoms with Crippen LogP contribution in [0.15, 0.2) is 48.5 Å². The maximum absolute atomic E-state index is 14.5. The van der Waals surface area contributed by atoms with Gasteiger partial charge in [-0.3, -0.25) is 9.59 Å². The van der Waals surface area contributed by atoms with Gasteiger partial charge in [0.15, 0.2) is 0 Å². The molecule has 0 aliphatic rings. The van der Waals surface area contributed by atoms with E-state index in [1.807, 2.05) is 0 Å². The van der Waals surface area contributed by atoms with E-state index in [-0.39, 0.29) is 12.2 Å². The quantitative estimate of drug-likeness (QED) is 0.562. The minimum Gasteiger partial charge on any atom is -0.355 e. The number of nitrogens with one attached hydrogen (secondary N) is 1. The zero-order valence-electron chi connectivity index (χ0n) is 19.0. The largest absolute Gasteiger partial charge is 0.355 e. The molecule has 0 aromatic heterocycles. The van der Waals surface area contributed by atoms with Crippen molar-refractivity contribution in [2.45, 2.75) is 26.4 Å². The van der Waals surface area contributed by atoms with E-state index in [0.29, 0.717) is 16.4 Å². The van der Waals surface area contributed by atoms with E-state index in [9.17, 15) is 26.8 Å². The summed E-state index contributed by atoms with van der Waals surface area (Å²) in [6, 6.07) is 9.59. The maximum atomic E-state index is 14.5. The molecule has 11 heteroatoms. The fourth-order valence-corrected chi connectivity index (χ4v) is 4.11. The Morgan fingerprint density at radius 2 is 1.64 bits per heavy atom. The van der Waals surface area contributed by atoms with Crippen molar-refractivity contribution in [3.63, 3.8) is 0 Å². The van der Waals surface area contributed by atoms with Crippen molar-refractivity contribution in [3.8, 4) is 0 Å². The number of benzene rings is 2. The number of hydrogen-bond donors (Lipinski definition) is 1. The lowest BCUT2D eigenvalue weighted by atomic mass is 10.1. The number of anilines is 1. The van der Waals surface area contributed by atoms with Crippen molar-refractivity contribution >= 4 is 27.7 Å². The average molecular weight is 483 g/mol. The Morgan fingerprint density at radius 1 is 1.03 bits per heavy atom. The first kappa shape index (κ1) is 26.2. The summed E-state index contributed by atoms with van der Waals surface area (Å²) in [4.78, 5) is 27.0. The van der Waals surface area contributed by atoms with Crippen LogP contribution in [0.3, 0.4) is 0 Å². The Labute approximate surface area is 193 Å². The smallest absolute Gasteiger partial charge is 0.304 e. The van der Waals surface area contributed by atoms with Crippen LogP contribution < -0.4 is 9.62 Å². The van der Waals surface area contributed by atoms with Crippen LogP contribution in [0.5, 0.6) is 0 Å². The van der Waals surface area contributed by atoms with Crippen LogP contribution in [-0.4, -0.2) is 62.7 Å². The number of halogens is 2. The molecule has 0 heterocycles. The van der Waals surface area contributed by atoms with Gasteiger partial charge in [0, 0.05) is 27.2 Å². The third kappa shape index (κ3) is 6.48. The van der Waals surface area contributed by atoms with Gasteiger partial charge in [-0.15, -0.1) is 0 Å². The summed E-state index contributed by atoms with van der Waals surface area (Å²) in [6.07, 6.45) is 0. The molecule has 0 saturated carbocycles. The lowest BCUT2D eigenvalue weighted by molar-refractivity contribution is -0.139. The van der Waals surface area contributed by atoms with E-state index >= 15 is 0 Å². The highest BCUT2D eigenvalue weighted by Gasteiger charge is 2.33. The molecule has 0 spiro atoms. The Kier molecular flexibility index (Phi) is 8.89. The van der Waals surface area contributed by atoms with Crippen LogP contribution in [-0.2, 0) is 26.3 Å². The SMILES string of the molecule is CCNC(=O)[C@H](C)N(Cc1ccc(F)cc1)C(=O)CN(c1ccccc1F)S(=O)(=O)N(C)C. The van der Waals surface area contributed by atoms with Crippen LogP contribution in [0.25, 0.3) is 0 Å². The number of hydrogen-bond acceptors (Lipinski definition) is 4. The molecule has 2 aromatic rings. The third-order valence-corrected chi connectivity index (χ3v) is 6.73. The van der Waals surface area contributed by atoms with Gasteiger partial charge >= 0.3 is 10.2 Å². The average Bonchev–Trinajstić information content (AvgIpc) is 2.77. The van der Waals surface area contributed by atoms with Crippen molar-refractivity contribution in [3.05, 3.63) is 65.7 Å². The van der Waals surface area contributed by atoms with E-state index in [0.717, 1.165) is 10.4 Å². The fraction of sp³-hybridized carbons (Fsp3) is 0.364. The van der Waals surface area contributed by atoms with E-state index in [2.05, 4.69) is 5.32 Å². The van der Waals surface area contributed by atoms with E-state index in [4.69, 9.17) is 0 Å². The number of amides is 2. The summed E-state index contributed by atoms with van der Waals surface area (Å²) in [5.41, 5.74) is 0.237. The summed E-state index contributed by atoms with van der Waals surface area (Å²) in [5, 5.41) is 2.63. The molecule has 0 aliphatic carbocycles. The van der Waals surface area contributed by atoms with Gasteiger partial charge in [-0.1, -0.05) is 24.3 Å². The van der Waals surface area contributed by atoms with Crippen molar-refractivity contribution in [1.82, 2.24) is 14.5 Å². The monoisotopic (exact) mass is 482 g/mol. The molecule has 33 heavy (non-hydrogen) atoms. The molecule has 0 radical (unpaired) electrons. The molecule has 0 unspecified atom stereocenters. The van der Waals surface area contributed by atoms with Crippen LogP contribution in [0.4, 0.5) is 14.5 Å². The fourth-order valence-electron chi connectivity index (χ4n) is 3.05. The summed E-state index contributed by atoms with van der Waals surface area (Å²) in [5.74, 6) is -2.46. The van der Waals surface area contributed by atoms with E-state index < -0.39 is 46.2 Å². The lowest BCUT2D eigenvalue weighted by Gasteiger charge is -2.32. The first-order valence-corrected chi connectivity index (χ1v) is 11.6. The highest BCUT2D eigenvalue weighted by atomic mass is 32.2. The molecule has 0 bridgehead atoms. The summed E-state index contributed by atoms with van der Waals surface area (Å²) in [7, 11) is -1.72. The Hall–Kier alpha value is -3.05. The Balaban J connectivity index is 2.45. The standard InChI is InChI=1S/C22H28F2N4O4S/c1-5-25-22(30)16(2)27(14-17-10-12-18(23)13-11-17)21(29)15-28(33(31,32)26(3)4)20-9-7-6-8-19(20)24/h6-13,16H,5,14-15H2,1-4H3,(H,25,30)/t16-/m0/s1. The van der Waals surface area contributed by atoms with Crippen molar-refractivity contribution in [2.75, 3.05) is 31.5 Å². The van der Waals surface area contributed by atoms with Gasteiger partial charge in [-0.2, -0.15) is 12.7 Å². The predicted molar refractivity (Wildman–Crippen MR) is 121 cm³/mol. The molecule has 0 saturated heterocycles. The van der Waals surface area contributed by atoms with Gasteiger partial charge < -0.3 is 10.2 Å². The molecular formula is C22H28F2N4O4S. The third-order valence-electron chi connectivity index (χ3n) is 4.92. The first-order valence-electron chi connectivity index (χ1n) is 10.2. The zero-order valence-corrected chi connectivity index (χ0v) is 19.8. The molecule has 0 fully saturated rings. The van der Waals surface area contributed by atoms with Crippen LogP contribution in [0.1, 0.15) is 19.4 Å². The molecule has 0 aliphatic heterocycles. The van der Waals surface area contributed by atoms with Crippen LogP contribution >= 0.6 is 0 Å². The molecule has 180 valence electrons. The summed E-state index contributed by atoms with van der Waals surface area (Å²) >= 11 is 0. The molecule has 2 aromatic carbocycles. The molecule has 2 rings (SSSR count). The lowest BCUT2D eigenvalue weighted by Crippen LogP contribution is -2.52. The highest BCUT2D eigenvalue weighted by Crippen LogP contribution is 2.23. The normalized spacial score (nSPS) is 12.3. The Morgan fingerprint density at radius 3 is 2.18 bits per heavy atom. The van der Waals surface area contributed by atoms with E-state index in [1.54, 1.807) is 6.92 Å². The highest BCUT2D eigenvalue weighted by molar-refractivity contribution is 7.90. The molecule has 1 atom stereocenters. The van der Waals surface area contributed by atoms with Gasteiger partial charge in [0.05, 0.1) is 5.69 Å². The molecule has 2 amide bonds. The Bertz CT molecular complexity index is 1080. The van der Waals surface area contributed by atoms with Gasteiger partial charge in [0.25, 0.3) is 0 Å². The topological polar surface area (TPSA) is 90.0 Å². The molecule has 1 N–H and O–H groups in total. The second-order valence-electron chi connectivity index (χ2n) is 7.47. The minimum absolute atomic E-state index is 0.0788.